The van der Waals surface area contributed by atoms with Crippen molar-refractivity contribution in [3.63, 3.8) is 0 Å². The summed E-state index contributed by atoms with van der Waals surface area (Å²) >= 11 is 5.94. The SMILES string of the molecule is Cc1cnc(N[C@H]2CC[C@@H](C(=O)N[C@@H](C)c3ccc(Cl)cc3)CC2)nc1N(C)C. The minimum atomic E-state index is -0.0268. The first-order valence-electron chi connectivity index (χ1n) is 10.2. The average molecular weight is 416 g/mol. The number of nitrogens with one attached hydrogen (secondary N) is 2. The molecule has 7 heteroatoms. The van der Waals surface area contributed by atoms with E-state index < -0.39 is 0 Å². The number of carbonyl (C=O) groups is 1. The van der Waals surface area contributed by atoms with E-state index in [4.69, 9.17) is 11.6 Å². The Bertz CT molecular complexity index is 832. The number of nitrogens with zero attached hydrogens (tertiary/aromatic N) is 3. The second-order valence-corrected chi connectivity index (χ2v) is 8.51. The molecule has 1 aliphatic carbocycles. The van der Waals surface area contributed by atoms with Crippen molar-refractivity contribution in [3.8, 4) is 0 Å². The van der Waals surface area contributed by atoms with E-state index in [0.29, 0.717) is 17.0 Å². The molecule has 0 radical (unpaired) electrons. The van der Waals surface area contributed by atoms with E-state index >= 15 is 0 Å². The number of rotatable bonds is 6. The second kappa shape index (κ2) is 9.44. The second-order valence-electron chi connectivity index (χ2n) is 8.07. The van der Waals surface area contributed by atoms with Crippen LogP contribution in [0.15, 0.2) is 30.5 Å². The highest BCUT2D eigenvalue weighted by molar-refractivity contribution is 6.30. The molecule has 0 bridgehead atoms. The van der Waals surface area contributed by atoms with E-state index in [0.717, 1.165) is 42.6 Å². The van der Waals surface area contributed by atoms with E-state index in [1.807, 2.05) is 63.3 Å². The van der Waals surface area contributed by atoms with Crippen molar-refractivity contribution >= 4 is 29.3 Å². The molecule has 1 atom stereocenters. The summed E-state index contributed by atoms with van der Waals surface area (Å²) in [6.07, 6.45) is 5.44. The number of hydrogen-bond donors (Lipinski definition) is 2. The first kappa shape index (κ1) is 21.4. The zero-order valence-corrected chi connectivity index (χ0v) is 18.3. The predicted molar refractivity (Wildman–Crippen MR) is 118 cm³/mol. The molecule has 1 aliphatic rings. The fourth-order valence-corrected chi connectivity index (χ4v) is 3.93. The van der Waals surface area contributed by atoms with Crippen molar-refractivity contribution in [2.75, 3.05) is 24.3 Å². The van der Waals surface area contributed by atoms with Crippen molar-refractivity contribution in [3.05, 3.63) is 46.6 Å². The summed E-state index contributed by atoms with van der Waals surface area (Å²) < 4.78 is 0. The van der Waals surface area contributed by atoms with Crippen LogP contribution >= 0.6 is 11.6 Å². The Morgan fingerprint density at radius 3 is 2.45 bits per heavy atom. The molecular weight excluding hydrogens is 386 g/mol. The van der Waals surface area contributed by atoms with E-state index in [1.54, 1.807) is 0 Å². The first-order valence-corrected chi connectivity index (χ1v) is 10.5. The lowest BCUT2D eigenvalue weighted by Gasteiger charge is -2.29. The average Bonchev–Trinajstić information content (AvgIpc) is 2.70. The Kier molecular flexibility index (Phi) is 6.96. The lowest BCUT2D eigenvalue weighted by atomic mass is 9.85. The molecule has 0 unspecified atom stereocenters. The fourth-order valence-electron chi connectivity index (χ4n) is 3.80. The summed E-state index contributed by atoms with van der Waals surface area (Å²) in [7, 11) is 3.96. The van der Waals surface area contributed by atoms with Gasteiger partial charge in [0.05, 0.1) is 6.04 Å². The van der Waals surface area contributed by atoms with Crippen molar-refractivity contribution in [1.82, 2.24) is 15.3 Å². The highest BCUT2D eigenvalue weighted by Crippen LogP contribution is 2.27. The molecule has 1 amide bonds. The van der Waals surface area contributed by atoms with Gasteiger partial charge in [-0.15, -0.1) is 0 Å². The molecule has 2 aromatic rings. The molecule has 1 aromatic heterocycles. The Morgan fingerprint density at radius 2 is 1.83 bits per heavy atom. The lowest BCUT2D eigenvalue weighted by Crippen LogP contribution is -2.37. The smallest absolute Gasteiger partial charge is 0.224 e. The van der Waals surface area contributed by atoms with E-state index in [9.17, 15) is 4.79 Å². The molecule has 1 aromatic carbocycles. The van der Waals surface area contributed by atoms with Gasteiger partial charge in [0, 0.05) is 42.8 Å². The number of anilines is 2. The predicted octanol–water partition coefficient (Wildman–Crippen LogP) is 4.35. The lowest BCUT2D eigenvalue weighted by molar-refractivity contribution is -0.126. The third-order valence-corrected chi connectivity index (χ3v) is 5.78. The van der Waals surface area contributed by atoms with Gasteiger partial charge in [-0.3, -0.25) is 4.79 Å². The van der Waals surface area contributed by atoms with Gasteiger partial charge in [0.25, 0.3) is 0 Å². The Balaban J connectivity index is 1.50. The van der Waals surface area contributed by atoms with Crippen LogP contribution in [0.3, 0.4) is 0 Å². The molecule has 1 heterocycles. The van der Waals surface area contributed by atoms with Gasteiger partial charge in [-0.2, -0.15) is 4.98 Å². The zero-order chi connectivity index (χ0) is 21.0. The maximum absolute atomic E-state index is 12.7. The van der Waals surface area contributed by atoms with Crippen LogP contribution in [0.1, 0.15) is 49.8 Å². The monoisotopic (exact) mass is 415 g/mol. The highest BCUT2D eigenvalue weighted by atomic mass is 35.5. The minimum absolute atomic E-state index is 0.0268. The van der Waals surface area contributed by atoms with Gasteiger partial charge in [0.1, 0.15) is 5.82 Å². The first-order chi connectivity index (χ1) is 13.8. The van der Waals surface area contributed by atoms with Crippen LogP contribution in [0, 0.1) is 12.8 Å². The number of carbonyl (C=O) groups excluding carboxylic acids is 1. The number of aryl methyl sites for hydroxylation is 1. The summed E-state index contributed by atoms with van der Waals surface area (Å²) in [5, 5.41) is 7.29. The third-order valence-electron chi connectivity index (χ3n) is 5.53. The van der Waals surface area contributed by atoms with E-state index in [-0.39, 0.29) is 17.9 Å². The normalized spacial score (nSPS) is 20.0. The topological polar surface area (TPSA) is 70.1 Å². The van der Waals surface area contributed by atoms with Gasteiger partial charge in [0.2, 0.25) is 11.9 Å². The molecule has 1 saturated carbocycles. The van der Waals surface area contributed by atoms with Crippen molar-refractivity contribution in [2.45, 2.75) is 51.6 Å². The van der Waals surface area contributed by atoms with Crippen molar-refractivity contribution in [1.29, 1.82) is 0 Å². The van der Waals surface area contributed by atoms with Gasteiger partial charge in [-0.25, -0.2) is 4.98 Å². The van der Waals surface area contributed by atoms with Gasteiger partial charge in [-0.1, -0.05) is 23.7 Å². The standard InChI is InChI=1S/C22H30ClN5O/c1-14-13-24-22(27-20(14)28(3)4)26-19-11-7-17(8-12-19)21(29)25-15(2)16-5-9-18(23)10-6-16/h5-6,9-10,13,15,17,19H,7-8,11-12H2,1-4H3,(H,25,29)(H,24,26,27)/t15-,17-,19+/m0/s1. The van der Waals surface area contributed by atoms with Gasteiger partial charge >= 0.3 is 0 Å². The van der Waals surface area contributed by atoms with E-state index in [1.165, 1.54) is 0 Å². The van der Waals surface area contributed by atoms with Crippen LogP contribution in [0.4, 0.5) is 11.8 Å². The van der Waals surface area contributed by atoms with Gasteiger partial charge in [0.15, 0.2) is 0 Å². The van der Waals surface area contributed by atoms with Crippen LogP contribution in [0.5, 0.6) is 0 Å². The molecule has 1 fully saturated rings. The summed E-state index contributed by atoms with van der Waals surface area (Å²) in [6, 6.07) is 7.89. The van der Waals surface area contributed by atoms with Crippen LogP contribution in [0.25, 0.3) is 0 Å². The van der Waals surface area contributed by atoms with E-state index in [2.05, 4.69) is 20.6 Å². The largest absolute Gasteiger partial charge is 0.362 e. The van der Waals surface area contributed by atoms with Gasteiger partial charge < -0.3 is 15.5 Å². The molecule has 6 nitrogen and oxygen atoms in total. The molecule has 2 N–H and O–H groups in total. The molecule has 3 rings (SSSR count). The van der Waals surface area contributed by atoms with Crippen LogP contribution in [0.2, 0.25) is 5.02 Å². The summed E-state index contributed by atoms with van der Waals surface area (Å²) in [4.78, 5) is 23.7. The summed E-state index contributed by atoms with van der Waals surface area (Å²) in [5.74, 6) is 1.77. The Labute approximate surface area is 178 Å². The minimum Gasteiger partial charge on any atom is -0.362 e. The molecule has 156 valence electrons. The molecule has 0 aliphatic heterocycles. The number of amides is 1. The number of benzene rings is 1. The summed E-state index contributed by atoms with van der Waals surface area (Å²) in [6.45, 7) is 4.01. The number of halogens is 1. The molecular formula is C22H30ClN5O. The highest BCUT2D eigenvalue weighted by Gasteiger charge is 2.27. The summed E-state index contributed by atoms with van der Waals surface area (Å²) in [5.41, 5.74) is 2.11. The quantitative estimate of drug-likeness (QED) is 0.733. The number of aromatic nitrogens is 2. The fraction of sp³-hybridized carbons (Fsp3) is 0.500. The Morgan fingerprint density at radius 1 is 1.17 bits per heavy atom. The molecule has 0 saturated heterocycles. The Hall–Kier alpha value is -2.34. The van der Waals surface area contributed by atoms with Crippen molar-refractivity contribution in [2.24, 2.45) is 5.92 Å². The maximum atomic E-state index is 12.7. The van der Waals surface area contributed by atoms with Crippen LogP contribution < -0.4 is 15.5 Å². The maximum Gasteiger partial charge on any atom is 0.224 e. The third kappa shape index (κ3) is 5.60. The van der Waals surface area contributed by atoms with Gasteiger partial charge in [-0.05, 0) is 57.2 Å². The zero-order valence-electron chi connectivity index (χ0n) is 17.6. The van der Waals surface area contributed by atoms with Crippen LogP contribution in [-0.2, 0) is 4.79 Å². The van der Waals surface area contributed by atoms with Crippen LogP contribution in [-0.4, -0.2) is 36.0 Å². The molecule has 0 spiro atoms. The molecule has 29 heavy (non-hydrogen) atoms. The van der Waals surface area contributed by atoms with Crippen molar-refractivity contribution < 1.29 is 4.79 Å². The number of hydrogen-bond acceptors (Lipinski definition) is 5.